The fourth-order valence-corrected chi connectivity index (χ4v) is 5.27. The van der Waals surface area contributed by atoms with Crippen molar-refractivity contribution in [3.8, 4) is 0 Å². The highest BCUT2D eigenvalue weighted by Gasteiger charge is 2.35. The van der Waals surface area contributed by atoms with Gasteiger partial charge in [0.25, 0.3) is 5.91 Å². The zero-order chi connectivity index (χ0) is 25.1. The largest absolute Gasteiger partial charge is 0.455 e. The number of halogens is 3. The van der Waals surface area contributed by atoms with Gasteiger partial charge in [0.1, 0.15) is 0 Å². The van der Waals surface area contributed by atoms with E-state index in [1.165, 1.54) is 0 Å². The number of nitrogens with zero attached hydrogens (tertiary/aromatic N) is 1. The van der Waals surface area contributed by atoms with Crippen molar-refractivity contribution in [3.63, 3.8) is 0 Å². The van der Waals surface area contributed by atoms with Crippen molar-refractivity contribution >= 4 is 27.6 Å². The standard InChI is InChI=1S/C23H25F3N2O5S/c1-15-5-3-6-16(2)21(15)27-20(29)14-33-22(30)17-9-11-28(12-10-17)34(31,32)19-8-4-7-18(13-19)23(24,25)26/h3-8,13,17H,9-12,14H2,1-2H3,(H,27,29). The Morgan fingerprint density at radius 1 is 1.06 bits per heavy atom. The highest BCUT2D eigenvalue weighted by Crippen LogP contribution is 2.32. The quantitative estimate of drug-likeness (QED) is 0.610. The molecule has 1 fully saturated rings. The fourth-order valence-electron chi connectivity index (χ4n) is 3.76. The van der Waals surface area contributed by atoms with Gasteiger partial charge < -0.3 is 10.1 Å². The molecule has 11 heteroatoms. The molecule has 0 spiro atoms. The number of esters is 1. The number of aryl methyl sites for hydroxylation is 2. The van der Waals surface area contributed by atoms with Crippen molar-refractivity contribution in [2.24, 2.45) is 5.92 Å². The van der Waals surface area contributed by atoms with E-state index in [1.807, 2.05) is 32.0 Å². The first kappa shape index (κ1) is 25.7. The number of hydrogen-bond donors (Lipinski definition) is 1. The van der Waals surface area contributed by atoms with Crippen molar-refractivity contribution in [2.75, 3.05) is 25.0 Å². The number of para-hydroxylation sites is 1. The number of piperidine rings is 1. The number of alkyl halides is 3. The summed E-state index contributed by atoms with van der Waals surface area (Å²) in [7, 11) is -4.15. The Morgan fingerprint density at radius 3 is 2.24 bits per heavy atom. The number of hydrogen-bond acceptors (Lipinski definition) is 5. The van der Waals surface area contributed by atoms with Crippen molar-refractivity contribution < 1.29 is 35.9 Å². The molecular formula is C23H25F3N2O5S. The first-order valence-electron chi connectivity index (χ1n) is 10.6. The maximum atomic E-state index is 12.9. The van der Waals surface area contributed by atoms with Crippen molar-refractivity contribution in [1.29, 1.82) is 0 Å². The van der Waals surface area contributed by atoms with Gasteiger partial charge in [0, 0.05) is 18.8 Å². The molecule has 1 heterocycles. The second-order valence-corrected chi connectivity index (χ2v) is 10.1. The first-order valence-corrected chi connectivity index (χ1v) is 12.0. The van der Waals surface area contributed by atoms with Gasteiger partial charge in [0.15, 0.2) is 6.61 Å². The van der Waals surface area contributed by atoms with E-state index < -0.39 is 51.1 Å². The summed E-state index contributed by atoms with van der Waals surface area (Å²) in [4.78, 5) is 24.1. The summed E-state index contributed by atoms with van der Waals surface area (Å²) in [5, 5.41) is 2.71. The van der Waals surface area contributed by atoms with Gasteiger partial charge in [0.05, 0.1) is 16.4 Å². The highest BCUT2D eigenvalue weighted by atomic mass is 32.2. The molecule has 0 aromatic heterocycles. The fraction of sp³-hybridized carbons (Fsp3) is 0.391. The van der Waals surface area contributed by atoms with Crippen LogP contribution in [0.5, 0.6) is 0 Å². The number of anilines is 1. The smallest absolute Gasteiger partial charge is 0.416 e. The molecule has 184 valence electrons. The van der Waals surface area contributed by atoms with Gasteiger partial charge in [0.2, 0.25) is 10.0 Å². The number of nitrogens with one attached hydrogen (secondary N) is 1. The van der Waals surface area contributed by atoms with E-state index >= 15 is 0 Å². The van der Waals surface area contributed by atoms with Gasteiger partial charge in [-0.25, -0.2) is 8.42 Å². The molecule has 2 aromatic carbocycles. The number of rotatable bonds is 6. The summed E-state index contributed by atoms with van der Waals surface area (Å²) >= 11 is 0. The minimum Gasteiger partial charge on any atom is -0.455 e. The van der Waals surface area contributed by atoms with Crippen LogP contribution in [0, 0.1) is 19.8 Å². The third-order valence-corrected chi connectivity index (χ3v) is 7.57. The van der Waals surface area contributed by atoms with Crippen LogP contribution in [0.15, 0.2) is 47.4 Å². The molecule has 34 heavy (non-hydrogen) atoms. The van der Waals surface area contributed by atoms with Crippen LogP contribution in [0.3, 0.4) is 0 Å². The summed E-state index contributed by atoms with van der Waals surface area (Å²) in [6, 6.07) is 9.11. The predicted molar refractivity (Wildman–Crippen MR) is 118 cm³/mol. The van der Waals surface area contributed by atoms with Gasteiger partial charge in [-0.1, -0.05) is 24.3 Å². The minimum absolute atomic E-state index is 0.0487. The number of benzene rings is 2. The molecule has 0 bridgehead atoms. The number of carbonyl (C=O) groups excluding carboxylic acids is 2. The monoisotopic (exact) mass is 498 g/mol. The number of ether oxygens (including phenoxy) is 1. The lowest BCUT2D eigenvalue weighted by atomic mass is 9.98. The molecule has 1 N–H and O–H groups in total. The molecule has 0 atom stereocenters. The lowest BCUT2D eigenvalue weighted by Crippen LogP contribution is -2.41. The van der Waals surface area contributed by atoms with Crippen LogP contribution >= 0.6 is 0 Å². The van der Waals surface area contributed by atoms with Gasteiger partial charge in [-0.3, -0.25) is 9.59 Å². The second-order valence-electron chi connectivity index (χ2n) is 8.13. The first-order chi connectivity index (χ1) is 15.9. The molecule has 2 aromatic rings. The SMILES string of the molecule is Cc1cccc(C)c1NC(=O)COC(=O)C1CCN(S(=O)(=O)c2cccc(C(F)(F)F)c2)CC1. The van der Waals surface area contributed by atoms with E-state index in [1.54, 1.807) is 0 Å². The average molecular weight is 499 g/mol. The predicted octanol–water partition coefficient (Wildman–Crippen LogP) is 3.90. The van der Waals surface area contributed by atoms with E-state index in [0.717, 1.165) is 33.6 Å². The maximum Gasteiger partial charge on any atom is 0.416 e. The second kappa shape index (κ2) is 10.1. The van der Waals surface area contributed by atoms with Crippen LogP contribution in [0.25, 0.3) is 0 Å². The molecular weight excluding hydrogens is 473 g/mol. The van der Waals surface area contributed by atoms with Crippen LogP contribution in [0.1, 0.15) is 29.5 Å². The number of amides is 1. The molecule has 1 aliphatic heterocycles. The summed E-state index contributed by atoms with van der Waals surface area (Å²) in [5.74, 6) is -1.72. The van der Waals surface area contributed by atoms with Crippen LogP contribution in [0.2, 0.25) is 0 Å². The third-order valence-electron chi connectivity index (χ3n) is 5.68. The Kier molecular flexibility index (Phi) is 7.67. The van der Waals surface area contributed by atoms with E-state index in [4.69, 9.17) is 4.74 Å². The zero-order valence-corrected chi connectivity index (χ0v) is 19.5. The van der Waals surface area contributed by atoms with Gasteiger partial charge in [-0.05, 0) is 56.0 Å². The van der Waals surface area contributed by atoms with Crippen LogP contribution < -0.4 is 5.32 Å². The zero-order valence-electron chi connectivity index (χ0n) is 18.7. The lowest BCUT2D eigenvalue weighted by Gasteiger charge is -2.30. The van der Waals surface area contributed by atoms with Crippen molar-refractivity contribution in [2.45, 2.75) is 37.8 Å². The Hall–Kier alpha value is -2.92. The van der Waals surface area contributed by atoms with Crippen molar-refractivity contribution in [3.05, 3.63) is 59.2 Å². The molecule has 1 amide bonds. The normalized spacial score (nSPS) is 15.7. The Morgan fingerprint density at radius 2 is 1.65 bits per heavy atom. The molecule has 0 unspecified atom stereocenters. The molecule has 1 saturated heterocycles. The molecule has 1 aliphatic rings. The van der Waals surface area contributed by atoms with E-state index in [0.29, 0.717) is 11.8 Å². The Labute approximate surface area is 196 Å². The van der Waals surface area contributed by atoms with Crippen LogP contribution in [0.4, 0.5) is 18.9 Å². The van der Waals surface area contributed by atoms with Crippen LogP contribution in [-0.2, 0) is 30.5 Å². The third kappa shape index (κ3) is 5.95. The molecule has 7 nitrogen and oxygen atoms in total. The summed E-state index contributed by atoms with van der Waals surface area (Å²) in [5.41, 5.74) is 1.34. The molecule has 0 aliphatic carbocycles. The van der Waals surface area contributed by atoms with Crippen molar-refractivity contribution in [1.82, 2.24) is 4.31 Å². The summed E-state index contributed by atoms with van der Waals surface area (Å²) in [6.07, 6.45) is -4.39. The highest BCUT2D eigenvalue weighted by molar-refractivity contribution is 7.89. The Bertz CT molecular complexity index is 1150. The van der Waals surface area contributed by atoms with E-state index in [2.05, 4.69) is 5.32 Å². The maximum absolute atomic E-state index is 12.9. The van der Waals surface area contributed by atoms with Gasteiger partial charge in [-0.15, -0.1) is 0 Å². The molecule has 3 rings (SSSR count). The van der Waals surface area contributed by atoms with E-state index in [-0.39, 0.29) is 25.9 Å². The Balaban J connectivity index is 1.54. The summed E-state index contributed by atoms with van der Waals surface area (Å²) in [6.45, 7) is 3.11. The average Bonchev–Trinajstić information content (AvgIpc) is 2.79. The topological polar surface area (TPSA) is 92.8 Å². The summed E-state index contributed by atoms with van der Waals surface area (Å²) < 4.78 is 70.5. The van der Waals surface area contributed by atoms with E-state index in [9.17, 15) is 31.2 Å². The minimum atomic E-state index is -4.66. The number of carbonyl (C=O) groups is 2. The molecule has 0 saturated carbocycles. The number of sulfonamides is 1. The van der Waals surface area contributed by atoms with Gasteiger partial charge in [-0.2, -0.15) is 17.5 Å². The van der Waals surface area contributed by atoms with Crippen LogP contribution in [-0.4, -0.2) is 44.3 Å². The van der Waals surface area contributed by atoms with Gasteiger partial charge >= 0.3 is 12.1 Å². The molecule has 0 radical (unpaired) electrons. The lowest BCUT2D eigenvalue weighted by molar-refractivity contribution is -0.152.